The summed E-state index contributed by atoms with van der Waals surface area (Å²) in [6, 6.07) is 0.761. The summed E-state index contributed by atoms with van der Waals surface area (Å²) in [5.41, 5.74) is 1.19. The van der Waals surface area contributed by atoms with Crippen LogP contribution in [0.1, 0.15) is 49.6 Å². The Morgan fingerprint density at radius 1 is 1.38 bits per heavy atom. The van der Waals surface area contributed by atoms with E-state index < -0.39 is 0 Å². The van der Waals surface area contributed by atoms with Gasteiger partial charge in [-0.15, -0.1) is 11.3 Å². The van der Waals surface area contributed by atoms with Crippen molar-refractivity contribution in [2.45, 2.75) is 64.6 Å². The third kappa shape index (κ3) is 4.18. The maximum atomic E-state index is 5.93. The number of thiazole rings is 1. The third-order valence-electron chi connectivity index (χ3n) is 4.22. The van der Waals surface area contributed by atoms with Gasteiger partial charge in [-0.05, 0) is 39.0 Å². The molecular weight excluding hydrogens is 282 g/mol. The van der Waals surface area contributed by atoms with Gasteiger partial charge in [0.05, 0.1) is 11.8 Å². The molecule has 2 heterocycles. The van der Waals surface area contributed by atoms with Crippen LogP contribution in [0, 0.1) is 6.92 Å². The van der Waals surface area contributed by atoms with Crippen molar-refractivity contribution in [2.24, 2.45) is 0 Å². The van der Waals surface area contributed by atoms with E-state index in [1.54, 1.807) is 0 Å². The Kier molecular flexibility index (Phi) is 5.14. The van der Waals surface area contributed by atoms with Crippen LogP contribution in [0.5, 0.6) is 0 Å². The zero-order valence-corrected chi connectivity index (χ0v) is 14.0. The molecule has 1 aromatic heterocycles. The van der Waals surface area contributed by atoms with Crippen LogP contribution in [0.15, 0.2) is 0 Å². The molecule has 1 atom stereocenters. The van der Waals surface area contributed by atoms with Gasteiger partial charge in [-0.1, -0.05) is 6.92 Å². The average Bonchev–Trinajstić information content (AvgIpc) is 3.26. The van der Waals surface area contributed by atoms with Crippen molar-refractivity contribution in [1.29, 1.82) is 0 Å². The highest BCUT2D eigenvalue weighted by Gasteiger charge is 2.24. The highest BCUT2D eigenvalue weighted by molar-refractivity contribution is 7.15. The maximum absolute atomic E-state index is 5.93. The molecule has 1 aromatic rings. The van der Waals surface area contributed by atoms with E-state index in [9.17, 15) is 0 Å². The first-order valence-corrected chi connectivity index (χ1v) is 9.14. The van der Waals surface area contributed by atoms with Crippen LogP contribution >= 0.6 is 11.3 Å². The molecule has 21 heavy (non-hydrogen) atoms. The van der Waals surface area contributed by atoms with Gasteiger partial charge >= 0.3 is 0 Å². The lowest BCUT2D eigenvalue weighted by Gasteiger charge is -2.32. The van der Waals surface area contributed by atoms with E-state index in [1.807, 2.05) is 11.3 Å². The summed E-state index contributed by atoms with van der Waals surface area (Å²) in [5, 5.41) is 4.78. The molecule has 5 heteroatoms. The smallest absolute Gasteiger partial charge is 0.185 e. The van der Waals surface area contributed by atoms with Crippen molar-refractivity contribution >= 4 is 16.5 Å². The molecule has 2 fully saturated rings. The van der Waals surface area contributed by atoms with Crippen molar-refractivity contribution < 1.29 is 4.74 Å². The van der Waals surface area contributed by atoms with Crippen LogP contribution < -0.4 is 10.2 Å². The minimum Gasteiger partial charge on any atom is -0.376 e. The lowest BCUT2D eigenvalue weighted by atomic mass is 10.1. The van der Waals surface area contributed by atoms with Gasteiger partial charge in [0.2, 0.25) is 0 Å². The van der Waals surface area contributed by atoms with Crippen molar-refractivity contribution in [3.63, 3.8) is 0 Å². The second-order valence-corrected chi connectivity index (χ2v) is 7.30. The predicted octanol–water partition coefficient (Wildman–Crippen LogP) is 3.10. The normalized spacial score (nSPS) is 22.8. The molecule has 1 saturated carbocycles. The van der Waals surface area contributed by atoms with Gasteiger partial charge in [-0.3, -0.25) is 0 Å². The third-order valence-corrected chi connectivity index (χ3v) is 5.43. The first-order valence-electron chi connectivity index (χ1n) is 8.32. The van der Waals surface area contributed by atoms with Crippen LogP contribution in [0.25, 0.3) is 0 Å². The second-order valence-electron chi connectivity index (χ2n) is 6.24. The second kappa shape index (κ2) is 7.07. The summed E-state index contributed by atoms with van der Waals surface area (Å²) in [5.74, 6) is 0. The minimum absolute atomic E-state index is 0.385. The fourth-order valence-corrected chi connectivity index (χ4v) is 3.82. The van der Waals surface area contributed by atoms with Crippen LogP contribution in [0.4, 0.5) is 5.13 Å². The summed E-state index contributed by atoms with van der Waals surface area (Å²) in [6.45, 7) is 8.30. The predicted molar refractivity (Wildman–Crippen MR) is 88.2 cm³/mol. The molecule has 2 aliphatic rings. The van der Waals surface area contributed by atoms with Gasteiger partial charge < -0.3 is 15.0 Å². The number of rotatable bonds is 7. The topological polar surface area (TPSA) is 37.4 Å². The first-order chi connectivity index (χ1) is 10.3. The maximum Gasteiger partial charge on any atom is 0.185 e. The largest absolute Gasteiger partial charge is 0.376 e. The van der Waals surface area contributed by atoms with E-state index in [4.69, 9.17) is 9.72 Å². The molecule has 118 valence electrons. The van der Waals surface area contributed by atoms with Gasteiger partial charge in [0, 0.05) is 37.2 Å². The molecule has 1 saturated heterocycles. The minimum atomic E-state index is 0.385. The van der Waals surface area contributed by atoms with E-state index in [1.165, 1.54) is 41.4 Å². The van der Waals surface area contributed by atoms with E-state index in [0.717, 1.165) is 38.7 Å². The number of ether oxygens (including phenoxy) is 1. The molecule has 0 spiro atoms. The van der Waals surface area contributed by atoms with Gasteiger partial charge in [-0.25, -0.2) is 4.98 Å². The average molecular weight is 309 g/mol. The summed E-state index contributed by atoms with van der Waals surface area (Å²) in [6.07, 6.45) is 6.57. The van der Waals surface area contributed by atoms with E-state index >= 15 is 0 Å². The van der Waals surface area contributed by atoms with Gasteiger partial charge in [0.15, 0.2) is 5.13 Å². The number of aromatic nitrogens is 1. The van der Waals surface area contributed by atoms with Gasteiger partial charge in [-0.2, -0.15) is 0 Å². The lowest BCUT2D eigenvalue weighted by molar-refractivity contribution is 0.0440. The zero-order valence-electron chi connectivity index (χ0n) is 13.2. The van der Waals surface area contributed by atoms with E-state index in [2.05, 4.69) is 24.1 Å². The van der Waals surface area contributed by atoms with Crippen molar-refractivity contribution in [2.75, 3.05) is 24.6 Å². The van der Waals surface area contributed by atoms with Crippen molar-refractivity contribution in [3.8, 4) is 0 Å². The molecule has 1 aliphatic carbocycles. The quantitative estimate of drug-likeness (QED) is 0.840. The molecule has 0 aromatic carbocycles. The zero-order chi connectivity index (χ0) is 14.7. The summed E-state index contributed by atoms with van der Waals surface area (Å²) >= 11 is 1.86. The van der Waals surface area contributed by atoms with Crippen LogP contribution in [-0.4, -0.2) is 36.8 Å². The molecular formula is C16H27N3OS. The fraction of sp³-hybridized carbons (Fsp3) is 0.812. The van der Waals surface area contributed by atoms with Crippen molar-refractivity contribution in [1.82, 2.24) is 10.3 Å². The first kappa shape index (κ1) is 15.3. The molecule has 0 bridgehead atoms. The molecule has 3 rings (SSSR count). The molecule has 0 amide bonds. The molecule has 4 nitrogen and oxygen atoms in total. The summed E-state index contributed by atoms with van der Waals surface area (Å²) in [4.78, 5) is 8.61. The Hall–Kier alpha value is -0.650. The molecule has 1 aliphatic heterocycles. The number of nitrogens with zero attached hydrogens (tertiary/aromatic N) is 2. The van der Waals surface area contributed by atoms with E-state index in [-0.39, 0.29) is 0 Å². The van der Waals surface area contributed by atoms with E-state index in [0.29, 0.717) is 6.10 Å². The number of hydrogen-bond acceptors (Lipinski definition) is 5. The number of piperidine rings is 1. The SMILES string of the molecule is CCCOC1CCCN(c2nc(C)c(CNC3CC3)s2)C1. The summed E-state index contributed by atoms with van der Waals surface area (Å²) < 4.78 is 5.93. The highest BCUT2D eigenvalue weighted by atomic mass is 32.1. The molecule has 1 unspecified atom stereocenters. The van der Waals surface area contributed by atoms with Crippen LogP contribution in [-0.2, 0) is 11.3 Å². The number of hydrogen-bond donors (Lipinski definition) is 1. The van der Waals surface area contributed by atoms with Crippen molar-refractivity contribution in [3.05, 3.63) is 10.6 Å². The summed E-state index contributed by atoms with van der Waals surface area (Å²) in [7, 11) is 0. The number of nitrogens with one attached hydrogen (secondary N) is 1. The molecule has 0 radical (unpaired) electrons. The highest BCUT2D eigenvalue weighted by Crippen LogP contribution is 2.29. The van der Waals surface area contributed by atoms with Crippen LogP contribution in [0.3, 0.4) is 0 Å². The Morgan fingerprint density at radius 3 is 3.00 bits per heavy atom. The standard InChI is InChI=1S/C16H27N3OS/c1-3-9-20-14-5-4-8-19(11-14)16-18-12(2)15(21-16)10-17-13-6-7-13/h13-14,17H,3-11H2,1-2H3. The van der Waals surface area contributed by atoms with Gasteiger partial charge in [0.1, 0.15) is 0 Å². The monoisotopic (exact) mass is 309 g/mol. The lowest BCUT2D eigenvalue weighted by Crippen LogP contribution is -2.39. The fourth-order valence-electron chi connectivity index (χ4n) is 2.77. The number of anilines is 1. The number of aryl methyl sites for hydroxylation is 1. The van der Waals surface area contributed by atoms with Gasteiger partial charge in [0.25, 0.3) is 0 Å². The Labute approximate surface area is 131 Å². The van der Waals surface area contributed by atoms with Crippen LogP contribution in [0.2, 0.25) is 0 Å². The molecule has 1 N–H and O–H groups in total. The Morgan fingerprint density at radius 2 is 2.24 bits per heavy atom. The Bertz CT molecular complexity index is 458. The Balaban J connectivity index is 1.58.